The molecule has 106 valence electrons. The van der Waals surface area contributed by atoms with E-state index in [4.69, 9.17) is 0 Å². The van der Waals surface area contributed by atoms with Gasteiger partial charge in [0, 0.05) is 10.2 Å². The third-order valence-electron chi connectivity index (χ3n) is 3.09. The number of anilines is 1. The van der Waals surface area contributed by atoms with Crippen molar-refractivity contribution in [1.82, 2.24) is 0 Å². The second-order valence-corrected chi connectivity index (χ2v) is 7.32. The van der Waals surface area contributed by atoms with Gasteiger partial charge in [-0.15, -0.1) is 0 Å². The van der Waals surface area contributed by atoms with E-state index in [1.54, 1.807) is 36.4 Å². The molecule has 0 saturated heterocycles. The van der Waals surface area contributed by atoms with E-state index in [2.05, 4.69) is 21.2 Å². The third-order valence-corrected chi connectivity index (χ3v) is 5.42. The molecule has 0 atom stereocenters. The van der Waals surface area contributed by atoms with Crippen molar-refractivity contribution in [2.45, 2.75) is 4.90 Å². The first kappa shape index (κ1) is 14.0. The van der Waals surface area contributed by atoms with Crippen LogP contribution in [0.5, 0.6) is 0 Å². The molecule has 2 aromatic carbocycles. The van der Waals surface area contributed by atoms with E-state index < -0.39 is 15.7 Å². The SMILES string of the molecule is O=C(Nc1ccccc1)C1=Cc2cc(Br)ccc2S1(=O)=O. The number of sulfone groups is 1. The van der Waals surface area contributed by atoms with E-state index in [1.807, 2.05) is 6.07 Å². The Morgan fingerprint density at radius 3 is 2.48 bits per heavy atom. The fourth-order valence-corrected chi connectivity index (χ4v) is 3.98. The van der Waals surface area contributed by atoms with Crippen LogP contribution in [0.2, 0.25) is 0 Å². The van der Waals surface area contributed by atoms with E-state index in [0.717, 1.165) is 4.47 Å². The average molecular weight is 364 g/mol. The zero-order valence-electron chi connectivity index (χ0n) is 10.7. The summed E-state index contributed by atoms with van der Waals surface area (Å²) in [5.41, 5.74) is 1.07. The summed E-state index contributed by atoms with van der Waals surface area (Å²) in [5.74, 6) is -0.631. The number of amides is 1. The van der Waals surface area contributed by atoms with Crippen LogP contribution >= 0.6 is 15.9 Å². The summed E-state index contributed by atoms with van der Waals surface area (Å²) >= 11 is 3.29. The molecule has 1 aliphatic heterocycles. The molecule has 2 aromatic rings. The Morgan fingerprint density at radius 1 is 1.05 bits per heavy atom. The topological polar surface area (TPSA) is 63.2 Å². The third kappa shape index (κ3) is 2.52. The highest BCUT2D eigenvalue weighted by molar-refractivity contribution is 9.10. The number of halogens is 1. The van der Waals surface area contributed by atoms with Gasteiger partial charge in [-0.2, -0.15) is 0 Å². The lowest BCUT2D eigenvalue weighted by Gasteiger charge is -2.06. The summed E-state index contributed by atoms with van der Waals surface area (Å²) in [6.07, 6.45) is 1.40. The highest BCUT2D eigenvalue weighted by Crippen LogP contribution is 2.34. The zero-order chi connectivity index (χ0) is 15.0. The average Bonchev–Trinajstić information content (AvgIpc) is 2.71. The first-order chi connectivity index (χ1) is 9.98. The van der Waals surface area contributed by atoms with Crippen molar-refractivity contribution < 1.29 is 13.2 Å². The minimum absolute atomic E-state index is 0.156. The number of rotatable bonds is 2. The van der Waals surface area contributed by atoms with Crippen LogP contribution in [-0.2, 0) is 14.6 Å². The molecule has 0 saturated carbocycles. The monoisotopic (exact) mass is 363 g/mol. The number of carbonyl (C=O) groups is 1. The molecule has 0 radical (unpaired) electrons. The van der Waals surface area contributed by atoms with Gasteiger partial charge in [-0.1, -0.05) is 34.1 Å². The summed E-state index contributed by atoms with van der Waals surface area (Å²) in [6, 6.07) is 13.5. The summed E-state index contributed by atoms with van der Waals surface area (Å²) in [4.78, 5) is 12.1. The van der Waals surface area contributed by atoms with E-state index in [9.17, 15) is 13.2 Å². The molecule has 1 N–H and O–H groups in total. The predicted octanol–water partition coefficient (Wildman–Crippen LogP) is 3.22. The van der Waals surface area contributed by atoms with Crippen molar-refractivity contribution >= 4 is 43.4 Å². The lowest BCUT2D eigenvalue weighted by atomic mass is 10.2. The lowest BCUT2D eigenvalue weighted by Crippen LogP contribution is -2.18. The van der Waals surface area contributed by atoms with Crippen LogP contribution in [-0.4, -0.2) is 14.3 Å². The van der Waals surface area contributed by atoms with Crippen molar-refractivity contribution in [2.75, 3.05) is 5.32 Å². The summed E-state index contributed by atoms with van der Waals surface area (Å²) in [5, 5.41) is 2.59. The quantitative estimate of drug-likeness (QED) is 0.890. The van der Waals surface area contributed by atoms with E-state index in [1.165, 1.54) is 12.1 Å². The Morgan fingerprint density at radius 2 is 1.76 bits per heavy atom. The van der Waals surface area contributed by atoms with Crippen LogP contribution in [0.25, 0.3) is 6.08 Å². The molecule has 0 bridgehead atoms. The van der Waals surface area contributed by atoms with Gasteiger partial charge in [0.25, 0.3) is 5.91 Å². The van der Waals surface area contributed by atoms with Crippen molar-refractivity contribution in [3.05, 3.63) is 63.5 Å². The smallest absolute Gasteiger partial charge is 0.267 e. The molecule has 0 aliphatic carbocycles. The predicted molar refractivity (Wildman–Crippen MR) is 84.4 cm³/mol. The Bertz CT molecular complexity index is 858. The van der Waals surface area contributed by atoms with E-state index in [-0.39, 0.29) is 9.80 Å². The van der Waals surface area contributed by atoms with Gasteiger partial charge in [0.05, 0.1) is 4.90 Å². The van der Waals surface area contributed by atoms with Crippen LogP contribution in [0.15, 0.2) is 62.8 Å². The molecule has 0 unspecified atom stereocenters. The molecular formula is C15H10BrNO3S. The molecular weight excluding hydrogens is 354 g/mol. The molecule has 4 nitrogen and oxygen atoms in total. The van der Waals surface area contributed by atoms with Gasteiger partial charge >= 0.3 is 0 Å². The van der Waals surface area contributed by atoms with Crippen molar-refractivity contribution in [3.63, 3.8) is 0 Å². The molecule has 0 spiro atoms. The van der Waals surface area contributed by atoms with Crippen LogP contribution in [0.3, 0.4) is 0 Å². The largest absolute Gasteiger partial charge is 0.321 e. The molecule has 3 rings (SSSR count). The highest BCUT2D eigenvalue weighted by atomic mass is 79.9. The lowest BCUT2D eigenvalue weighted by molar-refractivity contribution is -0.112. The van der Waals surface area contributed by atoms with Crippen molar-refractivity contribution in [2.24, 2.45) is 0 Å². The van der Waals surface area contributed by atoms with Gasteiger partial charge in [-0.05, 0) is 42.0 Å². The van der Waals surface area contributed by atoms with Crippen LogP contribution in [0.1, 0.15) is 5.56 Å². The molecule has 1 heterocycles. The summed E-state index contributed by atoms with van der Waals surface area (Å²) in [6.45, 7) is 0. The Balaban J connectivity index is 1.97. The summed E-state index contributed by atoms with van der Waals surface area (Å²) < 4.78 is 25.5. The van der Waals surface area contributed by atoms with Gasteiger partial charge in [0.15, 0.2) is 0 Å². The molecule has 0 aromatic heterocycles. The van der Waals surface area contributed by atoms with Gasteiger partial charge in [-0.25, -0.2) is 8.42 Å². The summed E-state index contributed by atoms with van der Waals surface area (Å²) in [7, 11) is -3.75. The molecule has 0 fully saturated rings. The normalized spacial score (nSPS) is 15.2. The molecule has 21 heavy (non-hydrogen) atoms. The van der Waals surface area contributed by atoms with Gasteiger partial charge in [0.1, 0.15) is 4.91 Å². The second kappa shape index (κ2) is 5.13. The minimum Gasteiger partial charge on any atom is -0.321 e. The van der Waals surface area contributed by atoms with Gasteiger partial charge in [0.2, 0.25) is 9.84 Å². The maximum atomic E-state index is 12.4. The maximum absolute atomic E-state index is 12.4. The van der Waals surface area contributed by atoms with Crippen molar-refractivity contribution in [1.29, 1.82) is 0 Å². The van der Waals surface area contributed by atoms with Gasteiger partial charge < -0.3 is 5.32 Å². The zero-order valence-corrected chi connectivity index (χ0v) is 13.1. The fourth-order valence-electron chi connectivity index (χ4n) is 2.12. The molecule has 1 aliphatic rings. The second-order valence-electron chi connectivity index (χ2n) is 4.51. The van der Waals surface area contributed by atoms with E-state index in [0.29, 0.717) is 11.3 Å². The standard InChI is InChI=1S/C15H10BrNO3S/c16-11-6-7-13-10(8-11)9-14(21(13,19)20)15(18)17-12-4-2-1-3-5-12/h1-9H,(H,17,18). The molecule has 6 heteroatoms. The maximum Gasteiger partial charge on any atom is 0.267 e. The Hall–Kier alpha value is -1.92. The highest BCUT2D eigenvalue weighted by Gasteiger charge is 2.34. The number of hydrogen-bond donors (Lipinski definition) is 1. The first-order valence-corrected chi connectivity index (χ1v) is 8.39. The van der Waals surface area contributed by atoms with Crippen molar-refractivity contribution in [3.8, 4) is 0 Å². The number of benzene rings is 2. The van der Waals surface area contributed by atoms with Crippen LogP contribution in [0.4, 0.5) is 5.69 Å². The van der Waals surface area contributed by atoms with Crippen LogP contribution in [0, 0.1) is 0 Å². The first-order valence-electron chi connectivity index (χ1n) is 6.11. The number of carbonyl (C=O) groups excluding carboxylic acids is 1. The van der Waals surface area contributed by atoms with Crippen LogP contribution < -0.4 is 5.32 Å². The Kier molecular flexibility index (Phi) is 3.43. The molecule has 1 amide bonds. The number of nitrogens with one attached hydrogen (secondary N) is 1. The Labute approximate surface area is 130 Å². The number of hydrogen-bond acceptors (Lipinski definition) is 3. The van der Waals surface area contributed by atoms with Gasteiger partial charge in [-0.3, -0.25) is 4.79 Å². The van der Waals surface area contributed by atoms with E-state index >= 15 is 0 Å². The number of fused-ring (bicyclic) bond motifs is 1. The minimum atomic E-state index is -3.75. The fraction of sp³-hybridized carbons (Fsp3) is 0. The number of para-hydroxylation sites is 1.